The summed E-state index contributed by atoms with van der Waals surface area (Å²) < 4.78 is 5.79. The fourth-order valence-corrected chi connectivity index (χ4v) is 5.04. The van der Waals surface area contributed by atoms with Crippen LogP contribution in [0.15, 0.2) is 11.6 Å². The minimum Gasteiger partial charge on any atom is -0.458 e. The lowest BCUT2D eigenvalue weighted by atomic mass is 9.51. The second-order valence-corrected chi connectivity index (χ2v) is 7.99. The van der Waals surface area contributed by atoms with Gasteiger partial charge >= 0.3 is 5.97 Å². The number of carbonyl (C=O) groups is 1. The average Bonchev–Trinajstić information content (AvgIpc) is 2.45. The van der Waals surface area contributed by atoms with Gasteiger partial charge in [0.25, 0.3) is 0 Å². The van der Waals surface area contributed by atoms with Gasteiger partial charge in [-0.15, -0.1) is 0 Å². The summed E-state index contributed by atoms with van der Waals surface area (Å²) in [5.41, 5.74) is 0.705. The topological polar surface area (TPSA) is 46.5 Å². The van der Waals surface area contributed by atoms with E-state index >= 15 is 0 Å². The molecule has 20 heavy (non-hydrogen) atoms. The lowest BCUT2D eigenvalue weighted by Crippen LogP contribution is -2.52. The van der Waals surface area contributed by atoms with Crippen LogP contribution in [0.5, 0.6) is 0 Å². The predicted octanol–water partition coefficient (Wildman–Crippen LogP) is 3.07. The molecule has 0 amide bonds. The Bertz CT molecular complexity index is 496. The number of aliphatic hydroxyl groups is 1. The van der Waals surface area contributed by atoms with Gasteiger partial charge in [0.05, 0.1) is 12.0 Å². The van der Waals surface area contributed by atoms with E-state index in [4.69, 9.17) is 4.74 Å². The summed E-state index contributed by atoms with van der Waals surface area (Å²) in [6.45, 7) is 10.6. The number of hydrogen-bond acceptors (Lipinski definition) is 3. The molecular weight excluding hydrogens is 252 g/mol. The molecule has 1 N–H and O–H groups in total. The molecule has 1 aliphatic heterocycles. The van der Waals surface area contributed by atoms with E-state index in [-0.39, 0.29) is 28.8 Å². The summed E-state index contributed by atoms with van der Waals surface area (Å²) in [7, 11) is 0. The van der Waals surface area contributed by atoms with Crippen LogP contribution in [-0.2, 0) is 9.53 Å². The summed E-state index contributed by atoms with van der Waals surface area (Å²) in [5.74, 6) is 0.207. The molecular formula is C17H26O3. The molecule has 0 aromatic carbocycles. The molecule has 0 aromatic rings. The Hall–Kier alpha value is -0.830. The molecule has 1 saturated carbocycles. The van der Waals surface area contributed by atoms with Gasteiger partial charge in [-0.05, 0) is 37.5 Å². The van der Waals surface area contributed by atoms with E-state index in [9.17, 15) is 9.90 Å². The summed E-state index contributed by atoms with van der Waals surface area (Å²) in [6, 6.07) is 0. The molecule has 0 spiro atoms. The van der Waals surface area contributed by atoms with E-state index in [0.717, 1.165) is 19.3 Å². The molecule has 0 bridgehead atoms. The van der Waals surface area contributed by atoms with Gasteiger partial charge in [-0.1, -0.05) is 39.3 Å². The Labute approximate surface area is 121 Å². The van der Waals surface area contributed by atoms with E-state index < -0.39 is 5.60 Å². The zero-order valence-corrected chi connectivity index (χ0v) is 13.2. The molecule has 3 rings (SSSR count). The van der Waals surface area contributed by atoms with Gasteiger partial charge < -0.3 is 9.84 Å². The van der Waals surface area contributed by atoms with Crippen molar-refractivity contribution in [2.45, 2.75) is 65.6 Å². The molecule has 1 saturated heterocycles. The van der Waals surface area contributed by atoms with Crippen LogP contribution in [0.25, 0.3) is 0 Å². The van der Waals surface area contributed by atoms with Gasteiger partial charge in [-0.3, -0.25) is 4.79 Å². The van der Waals surface area contributed by atoms with Crippen molar-refractivity contribution in [2.75, 3.05) is 0 Å². The second-order valence-electron chi connectivity index (χ2n) is 7.99. The third kappa shape index (κ3) is 1.59. The fourth-order valence-electron chi connectivity index (χ4n) is 5.04. The molecule has 6 unspecified atom stereocenters. The third-order valence-corrected chi connectivity index (χ3v) is 6.44. The Balaban J connectivity index is 2.13. The normalized spacial score (nSPS) is 54.8. The van der Waals surface area contributed by atoms with Crippen LogP contribution in [0.4, 0.5) is 0 Å². The number of ether oxygens (including phenoxy) is 1. The molecule has 3 aliphatic rings. The van der Waals surface area contributed by atoms with E-state index in [1.165, 1.54) is 5.57 Å². The lowest BCUT2D eigenvalue weighted by molar-refractivity contribution is -0.154. The maximum absolute atomic E-state index is 12.1. The maximum atomic E-state index is 12.1. The Kier molecular flexibility index (Phi) is 2.74. The largest absolute Gasteiger partial charge is 0.458 e. The Morgan fingerprint density at radius 2 is 1.95 bits per heavy atom. The lowest BCUT2D eigenvalue weighted by Gasteiger charge is -2.54. The highest BCUT2D eigenvalue weighted by molar-refractivity contribution is 5.77. The zero-order valence-electron chi connectivity index (χ0n) is 13.2. The van der Waals surface area contributed by atoms with E-state index in [1.807, 2.05) is 6.92 Å². The highest BCUT2D eigenvalue weighted by atomic mass is 16.6. The second kappa shape index (κ2) is 3.88. The summed E-state index contributed by atoms with van der Waals surface area (Å²) in [5, 5.41) is 10.1. The van der Waals surface area contributed by atoms with Gasteiger partial charge in [0.1, 0.15) is 5.60 Å². The first-order chi connectivity index (χ1) is 9.11. The molecule has 2 fully saturated rings. The quantitative estimate of drug-likeness (QED) is 0.547. The van der Waals surface area contributed by atoms with Crippen molar-refractivity contribution in [1.82, 2.24) is 0 Å². The van der Waals surface area contributed by atoms with Crippen molar-refractivity contribution in [2.24, 2.45) is 22.7 Å². The number of fused-ring (bicyclic) bond motifs is 2. The predicted molar refractivity (Wildman–Crippen MR) is 77.0 cm³/mol. The smallest absolute Gasteiger partial charge is 0.310 e. The minimum absolute atomic E-state index is 0.0459. The van der Waals surface area contributed by atoms with Crippen LogP contribution >= 0.6 is 0 Å². The summed E-state index contributed by atoms with van der Waals surface area (Å²) in [6.07, 6.45) is 4.51. The Morgan fingerprint density at radius 3 is 2.60 bits per heavy atom. The Morgan fingerprint density at radius 1 is 1.30 bits per heavy atom. The number of allylic oxidation sites excluding steroid dienone is 1. The molecule has 3 nitrogen and oxygen atoms in total. The van der Waals surface area contributed by atoms with Crippen LogP contribution < -0.4 is 0 Å². The first-order valence-corrected chi connectivity index (χ1v) is 7.75. The van der Waals surface area contributed by atoms with Crippen LogP contribution in [0.3, 0.4) is 0 Å². The van der Waals surface area contributed by atoms with Gasteiger partial charge in [0.15, 0.2) is 0 Å². The number of carbonyl (C=O) groups excluding carboxylic acids is 1. The average molecular weight is 278 g/mol. The van der Waals surface area contributed by atoms with Crippen LogP contribution in [-0.4, -0.2) is 22.8 Å². The monoisotopic (exact) mass is 278 g/mol. The number of hydrogen-bond donors (Lipinski definition) is 1. The molecule has 2 aliphatic carbocycles. The van der Waals surface area contributed by atoms with Crippen molar-refractivity contribution in [3.8, 4) is 0 Å². The van der Waals surface area contributed by atoms with Crippen molar-refractivity contribution < 1.29 is 14.6 Å². The van der Waals surface area contributed by atoms with Crippen molar-refractivity contribution in [1.29, 1.82) is 0 Å². The number of rotatable bonds is 0. The zero-order chi connectivity index (χ0) is 14.9. The molecule has 0 radical (unpaired) electrons. The summed E-state index contributed by atoms with van der Waals surface area (Å²) >= 11 is 0. The van der Waals surface area contributed by atoms with Gasteiger partial charge in [0.2, 0.25) is 0 Å². The SMILES string of the molecule is CC1CC(O)CC2(C)CC3(C)OC(=O)C(C)C3(C)C=C12. The first kappa shape index (κ1) is 14.1. The van der Waals surface area contributed by atoms with Crippen LogP contribution in [0.2, 0.25) is 0 Å². The number of aliphatic hydroxyl groups excluding tert-OH is 1. The van der Waals surface area contributed by atoms with Crippen molar-refractivity contribution >= 4 is 5.97 Å². The molecule has 0 aromatic heterocycles. The van der Waals surface area contributed by atoms with E-state index in [2.05, 4.69) is 33.8 Å². The van der Waals surface area contributed by atoms with Crippen LogP contribution in [0, 0.1) is 22.7 Å². The maximum Gasteiger partial charge on any atom is 0.310 e. The highest BCUT2D eigenvalue weighted by Gasteiger charge is 2.64. The van der Waals surface area contributed by atoms with E-state index in [1.54, 1.807) is 0 Å². The molecule has 3 heteroatoms. The third-order valence-electron chi connectivity index (χ3n) is 6.44. The minimum atomic E-state index is -0.446. The molecule has 1 heterocycles. The summed E-state index contributed by atoms with van der Waals surface area (Å²) in [4.78, 5) is 12.1. The van der Waals surface area contributed by atoms with Gasteiger partial charge in [-0.2, -0.15) is 0 Å². The van der Waals surface area contributed by atoms with Crippen LogP contribution in [0.1, 0.15) is 53.9 Å². The standard InChI is InChI=1S/C17H26O3/c1-10-6-12(18)7-15(3)9-17(5)16(4,8-13(10)15)11(2)14(19)20-17/h8,10-12,18H,6-7,9H2,1-5H3. The number of esters is 1. The molecule has 6 atom stereocenters. The van der Waals surface area contributed by atoms with Gasteiger partial charge in [-0.25, -0.2) is 0 Å². The van der Waals surface area contributed by atoms with Gasteiger partial charge in [0, 0.05) is 5.41 Å². The molecule has 112 valence electrons. The fraction of sp³-hybridized carbons (Fsp3) is 0.824. The van der Waals surface area contributed by atoms with Crippen molar-refractivity contribution in [3.05, 3.63) is 11.6 Å². The van der Waals surface area contributed by atoms with Crippen molar-refractivity contribution in [3.63, 3.8) is 0 Å². The first-order valence-electron chi connectivity index (χ1n) is 7.75. The highest BCUT2D eigenvalue weighted by Crippen LogP contribution is 2.62. The van der Waals surface area contributed by atoms with E-state index in [0.29, 0.717) is 5.92 Å².